The molecule has 5 nitrogen and oxygen atoms in total. The Kier molecular flexibility index (Phi) is 5.48. The Hall–Kier alpha value is -0.820. The predicted octanol–water partition coefficient (Wildman–Crippen LogP) is 2.10. The van der Waals surface area contributed by atoms with E-state index in [1.807, 2.05) is 13.8 Å². The van der Waals surface area contributed by atoms with Crippen LogP contribution in [-0.4, -0.2) is 50.5 Å². The van der Waals surface area contributed by atoms with Gasteiger partial charge in [-0.1, -0.05) is 0 Å². The molecule has 0 bridgehead atoms. The third-order valence-electron chi connectivity index (χ3n) is 3.19. The number of ether oxygens (including phenoxy) is 2. The van der Waals surface area contributed by atoms with Crippen LogP contribution in [-0.2, 0) is 14.8 Å². The third-order valence-corrected chi connectivity index (χ3v) is 5.19. The Labute approximate surface area is 130 Å². The van der Waals surface area contributed by atoms with E-state index < -0.39 is 10.0 Å². The molecule has 1 aromatic carbocycles. The second-order valence-electron chi connectivity index (χ2n) is 5.09. The topological polar surface area (TPSA) is 55.8 Å². The molecule has 1 fully saturated rings. The van der Waals surface area contributed by atoms with Crippen molar-refractivity contribution in [1.29, 1.82) is 0 Å². The van der Waals surface area contributed by atoms with Gasteiger partial charge in [0.1, 0.15) is 12.4 Å². The highest BCUT2D eigenvalue weighted by Gasteiger charge is 2.32. The molecule has 0 aliphatic carbocycles. The van der Waals surface area contributed by atoms with Crippen LogP contribution < -0.4 is 4.74 Å². The van der Waals surface area contributed by atoms with E-state index in [1.165, 1.54) is 4.31 Å². The van der Waals surface area contributed by atoms with Gasteiger partial charge in [-0.05, 0) is 38.1 Å². The van der Waals surface area contributed by atoms with Crippen molar-refractivity contribution in [1.82, 2.24) is 4.31 Å². The molecule has 0 amide bonds. The van der Waals surface area contributed by atoms with Crippen LogP contribution >= 0.6 is 11.6 Å². The largest absolute Gasteiger partial charge is 0.492 e. The maximum absolute atomic E-state index is 12.6. The van der Waals surface area contributed by atoms with Crippen LogP contribution in [0.25, 0.3) is 0 Å². The van der Waals surface area contributed by atoms with Crippen molar-refractivity contribution in [3.05, 3.63) is 24.3 Å². The standard InChI is InChI=1S/C14H20ClNO4S/c1-11-9-16(10-12(2)20-11)21(17,18)14-5-3-13(4-6-14)19-8-7-15/h3-6,11-12H,7-10H2,1-2H3. The maximum Gasteiger partial charge on any atom is 0.243 e. The summed E-state index contributed by atoms with van der Waals surface area (Å²) in [4.78, 5) is 0.266. The quantitative estimate of drug-likeness (QED) is 0.774. The number of halogens is 1. The number of hydrogen-bond acceptors (Lipinski definition) is 4. The van der Waals surface area contributed by atoms with E-state index >= 15 is 0 Å². The van der Waals surface area contributed by atoms with E-state index in [4.69, 9.17) is 21.1 Å². The summed E-state index contributed by atoms with van der Waals surface area (Å²) in [6.45, 7) is 4.89. The number of hydrogen-bond donors (Lipinski definition) is 0. The zero-order valence-electron chi connectivity index (χ0n) is 12.2. The lowest BCUT2D eigenvalue weighted by Crippen LogP contribution is -2.48. The number of alkyl halides is 1. The highest BCUT2D eigenvalue weighted by molar-refractivity contribution is 7.89. The van der Waals surface area contributed by atoms with E-state index in [2.05, 4.69) is 0 Å². The van der Waals surface area contributed by atoms with Crippen molar-refractivity contribution in [3.8, 4) is 5.75 Å². The summed E-state index contributed by atoms with van der Waals surface area (Å²) in [5, 5.41) is 0. The number of rotatable bonds is 5. The zero-order chi connectivity index (χ0) is 15.5. The van der Waals surface area contributed by atoms with Crippen LogP contribution in [0.4, 0.5) is 0 Å². The van der Waals surface area contributed by atoms with Gasteiger partial charge in [0.25, 0.3) is 0 Å². The van der Waals surface area contributed by atoms with Crippen LogP contribution in [0.1, 0.15) is 13.8 Å². The summed E-state index contributed by atoms with van der Waals surface area (Å²) in [5.41, 5.74) is 0. The minimum atomic E-state index is -3.49. The first-order valence-corrected chi connectivity index (χ1v) is 8.85. The molecule has 2 rings (SSSR count). The molecule has 1 saturated heterocycles. The average Bonchev–Trinajstić information content (AvgIpc) is 2.44. The van der Waals surface area contributed by atoms with Crippen molar-refractivity contribution in [3.63, 3.8) is 0 Å². The van der Waals surface area contributed by atoms with Crippen LogP contribution in [0.2, 0.25) is 0 Å². The van der Waals surface area contributed by atoms with Crippen molar-refractivity contribution in [2.45, 2.75) is 31.0 Å². The molecule has 2 atom stereocenters. The molecule has 7 heteroatoms. The van der Waals surface area contributed by atoms with E-state index in [0.717, 1.165) is 0 Å². The SMILES string of the molecule is CC1CN(S(=O)(=O)c2ccc(OCCCl)cc2)CC(C)O1. The number of sulfonamides is 1. The molecule has 1 aliphatic rings. The second-order valence-corrected chi connectivity index (χ2v) is 7.40. The number of nitrogens with zero attached hydrogens (tertiary/aromatic N) is 1. The lowest BCUT2D eigenvalue weighted by atomic mass is 10.3. The first kappa shape index (κ1) is 16.5. The molecule has 0 aromatic heterocycles. The molecule has 0 radical (unpaired) electrons. The average molecular weight is 334 g/mol. The summed E-state index contributed by atoms with van der Waals surface area (Å²) in [5.74, 6) is 1.00. The van der Waals surface area contributed by atoms with Gasteiger partial charge in [-0.25, -0.2) is 8.42 Å². The highest BCUT2D eigenvalue weighted by atomic mass is 35.5. The smallest absolute Gasteiger partial charge is 0.243 e. The minimum absolute atomic E-state index is 0.102. The molecule has 21 heavy (non-hydrogen) atoms. The number of morpholine rings is 1. The van der Waals surface area contributed by atoms with Gasteiger partial charge in [-0.2, -0.15) is 4.31 Å². The van der Waals surface area contributed by atoms with Crippen molar-refractivity contribution in [2.75, 3.05) is 25.6 Å². The normalized spacial score (nSPS) is 24.0. The fraction of sp³-hybridized carbons (Fsp3) is 0.571. The fourth-order valence-corrected chi connectivity index (χ4v) is 4.01. The monoisotopic (exact) mass is 333 g/mol. The molecule has 0 saturated carbocycles. The van der Waals surface area contributed by atoms with Crippen LogP contribution in [0.3, 0.4) is 0 Å². The Morgan fingerprint density at radius 1 is 1.24 bits per heavy atom. The van der Waals surface area contributed by atoms with Crippen molar-refractivity contribution in [2.24, 2.45) is 0 Å². The molecular formula is C14H20ClNO4S. The third kappa shape index (κ3) is 4.10. The van der Waals surface area contributed by atoms with Gasteiger partial charge in [-0.15, -0.1) is 11.6 Å². The Morgan fingerprint density at radius 3 is 2.33 bits per heavy atom. The molecule has 0 N–H and O–H groups in total. The molecule has 2 unspecified atom stereocenters. The fourth-order valence-electron chi connectivity index (χ4n) is 2.34. The summed E-state index contributed by atoms with van der Waals surface area (Å²) in [7, 11) is -3.49. The van der Waals surface area contributed by atoms with Crippen LogP contribution in [0, 0.1) is 0 Å². The van der Waals surface area contributed by atoms with Gasteiger partial charge in [0.15, 0.2) is 0 Å². The van der Waals surface area contributed by atoms with Crippen molar-refractivity contribution >= 4 is 21.6 Å². The first-order valence-electron chi connectivity index (χ1n) is 6.88. The summed E-state index contributed by atoms with van der Waals surface area (Å²) >= 11 is 5.54. The van der Waals surface area contributed by atoms with E-state index in [1.54, 1.807) is 24.3 Å². The Bertz CT molecular complexity index is 551. The second kappa shape index (κ2) is 6.96. The Morgan fingerprint density at radius 2 is 1.81 bits per heavy atom. The molecular weight excluding hydrogens is 314 g/mol. The maximum atomic E-state index is 12.6. The highest BCUT2D eigenvalue weighted by Crippen LogP contribution is 2.23. The van der Waals surface area contributed by atoms with Gasteiger partial charge in [0.2, 0.25) is 10.0 Å². The van der Waals surface area contributed by atoms with E-state index in [9.17, 15) is 8.42 Å². The molecule has 118 valence electrons. The lowest BCUT2D eigenvalue weighted by Gasteiger charge is -2.34. The van der Waals surface area contributed by atoms with E-state index in [0.29, 0.717) is 31.3 Å². The zero-order valence-corrected chi connectivity index (χ0v) is 13.7. The van der Waals surface area contributed by atoms with Gasteiger partial charge < -0.3 is 9.47 Å². The molecule has 0 spiro atoms. The molecule has 1 aromatic rings. The minimum Gasteiger partial charge on any atom is -0.492 e. The molecule has 1 heterocycles. The predicted molar refractivity (Wildman–Crippen MR) is 81.4 cm³/mol. The molecule has 1 aliphatic heterocycles. The number of benzene rings is 1. The van der Waals surface area contributed by atoms with Gasteiger partial charge in [-0.3, -0.25) is 0 Å². The first-order chi connectivity index (χ1) is 9.93. The van der Waals surface area contributed by atoms with Gasteiger partial charge in [0, 0.05) is 13.1 Å². The van der Waals surface area contributed by atoms with Gasteiger partial charge >= 0.3 is 0 Å². The van der Waals surface area contributed by atoms with Crippen molar-refractivity contribution < 1.29 is 17.9 Å². The van der Waals surface area contributed by atoms with Crippen LogP contribution in [0.15, 0.2) is 29.2 Å². The summed E-state index contributed by atoms with van der Waals surface area (Å²) < 4.78 is 37.6. The summed E-state index contributed by atoms with van der Waals surface area (Å²) in [6.07, 6.45) is -0.204. The lowest BCUT2D eigenvalue weighted by molar-refractivity contribution is -0.0440. The Balaban J connectivity index is 2.15. The van der Waals surface area contributed by atoms with E-state index in [-0.39, 0.29) is 17.1 Å². The van der Waals surface area contributed by atoms with Crippen LogP contribution in [0.5, 0.6) is 5.75 Å². The summed E-state index contributed by atoms with van der Waals surface area (Å²) in [6, 6.07) is 6.41. The van der Waals surface area contributed by atoms with Gasteiger partial charge in [0.05, 0.1) is 23.0 Å².